The van der Waals surface area contributed by atoms with Gasteiger partial charge in [-0.15, -0.1) is 0 Å². The Hall–Kier alpha value is 2.07. The molecule has 1 amide bonds. The van der Waals surface area contributed by atoms with Crippen LogP contribution in [0.1, 0.15) is 32.1 Å². The Bertz CT molecular complexity index is 457. The molecule has 0 spiro atoms. The Labute approximate surface area is 216 Å². The van der Waals surface area contributed by atoms with Crippen LogP contribution in [0.5, 0.6) is 0 Å². The molecule has 112 valence electrons. The molecule has 0 heterocycles. The Morgan fingerprint density at radius 2 is 1.59 bits per heavy atom. The van der Waals surface area contributed by atoms with Gasteiger partial charge in [0.2, 0.25) is 5.91 Å². The molecular weight excluding hydrogens is 357 g/mol. The van der Waals surface area contributed by atoms with Crippen molar-refractivity contribution in [2.24, 2.45) is 0 Å². The van der Waals surface area contributed by atoms with Crippen LogP contribution < -0.4 is 123 Å². The van der Waals surface area contributed by atoms with Crippen molar-refractivity contribution in [3.63, 3.8) is 0 Å². The number of anilines is 1. The van der Waals surface area contributed by atoms with Crippen LogP contribution >= 0.6 is 7.75 Å². The number of nitrogens with one attached hydrogen (secondary N) is 2. The first kappa shape index (κ1) is 26.3. The van der Waals surface area contributed by atoms with Crippen LogP contribution in [0.2, 0.25) is 0 Å². The maximum Gasteiger partial charge on any atom is 1.00 e. The third-order valence-corrected chi connectivity index (χ3v) is 3.30. The maximum atomic E-state index is 11.6. The van der Waals surface area contributed by atoms with Gasteiger partial charge in [-0.25, -0.2) is 0 Å². The quantitative estimate of drug-likeness (QED) is 0.255. The fourth-order valence-electron chi connectivity index (χ4n) is 1.73. The zero-order valence-corrected chi connectivity index (χ0v) is 20.4. The van der Waals surface area contributed by atoms with Gasteiger partial charge < -0.3 is 19.7 Å². The number of amides is 1. The molecule has 6 nitrogen and oxygen atoms in total. The van der Waals surface area contributed by atoms with Crippen LogP contribution in [-0.2, 0) is 9.36 Å². The number of unbranched alkanes of at least 4 members (excludes halogenated alkanes) is 3. The van der Waals surface area contributed by atoms with E-state index < -0.39 is 7.75 Å². The molecule has 9 heteroatoms. The minimum absolute atomic E-state index is 0. The summed E-state index contributed by atoms with van der Waals surface area (Å²) in [5, 5.41) is 4.71. The van der Waals surface area contributed by atoms with E-state index in [2.05, 4.69) is 5.32 Å². The zero-order chi connectivity index (χ0) is 14.8. The summed E-state index contributed by atoms with van der Waals surface area (Å²) in [6.07, 6.45) is 3.39. The van der Waals surface area contributed by atoms with E-state index in [0.717, 1.165) is 24.9 Å². The Morgan fingerprint density at radius 3 is 2.18 bits per heavy atom. The van der Waals surface area contributed by atoms with Crippen molar-refractivity contribution in [1.82, 2.24) is 5.09 Å². The molecule has 1 rings (SSSR count). The summed E-state index contributed by atoms with van der Waals surface area (Å²) in [6.45, 7) is 0.167. The Morgan fingerprint density at radius 1 is 1.00 bits per heavy atom. The zero-order valence-electron chi connectivity index (χ0n) is 13.2. The number of hydrogen-bond acceptors (Lipinski definition) is 4. The van der Waals surface area contributed by atoms with Crippen LogP contribution in [0, 0.1) is 0 Å². The van der Waals surface area contributed by atoms with Gasteiger partial charge >= 0.3 is 103 Å². The Balaban J connectivity index is 0. The third kappa shape index (κ3) is 15.6. The van der Waals surface area contributed by atoms with Crippen molar-refractivity contribution in [2.75, 3.05) is 11.9 Å². The van der Waals surface area contributed by atoms with E-state index in [0.29, 0.717) is 12.8 Å². The topological polar surface area (TPSA) is 104 Å². The molecule has 0 fully saturated rings. The number of rotatable bonds is 9. The molecule has 22 heavy (non-hydrogen) atoms. The van der Waals surface area contributed by atoms with E-state index in [1.54, 1.807) is 0 Å². The van der Waals surface area contributed by atoms with Crippen LogP contribution in [0.4, 0.5) is 5.69 Å². The first-order valence-electron chi connectivity index (χ1n) is 6.59. The van der Waals surface area contributed by atoms with Gasteiger partial charge in [-0.2, -0.15) is 0 Å². The van der Waals surface area contributed by atoms with E-state index in [1.807, 2.05) is 35.4 Å². The molecule has 0 aliphatic heterocycles. The van der Waals surface area contributed by atoms with Crippen molar-refractivity contribution in [3.05, 3.63) is 30.3 Å². The standard InChI is InChI=1S/C13H21N2O4P.2K/c16-13(15-12-8-4-3-5-9-12)10-6-1-2-7-11-14-20(17,18)19;;/h3-5,8-9H,1-2,6-7,10-11H2,(H,15,16)(H3,14,17,18,19);;/q;2*+1/p-2. The first-order chi connectivity index (χ1) is 9.47. The minimum Gasteiger partial charge on any atom is -0.799 e. The van der Waals surface area contributed by atoms with Crippen molar-refractivity contribution in [2.45, 2.75) is 32.1 Å². The van der Waals surface area contributed by atoms with Crippen LogP contribution in [-0.4, -0.2) is 12.5 Å². The number of carbonyl (C=O) groups is 1. The first-order valence-corrected chi connectivity index (χ1v) is 8.14. The van der Waals surface area contributed by atoms with E-state index >= 15 is 0 Å². The van der Waals surface area contributed by atoms with E-state index in [4.69, 9.17) is 0 Å². The second-order valence-corrected chi connectivity index (χ2v) is 5.80. The maximum absolute atomic E-state index is 11.6. The van der Waals surface area contributed by atoms with E-state index in [9.17, 15) is 19.1 Å². The molecule has 1 aromatic carbocycles. The molecular formula is C13H19K2N2O4P. The van der Waals surface area contributed by atoms with Crippen molar-refractivity contribution in [1.29, 1.82) is 0 Å². The summed E-state index contributed by atoms with van der Waals surface area (Å²) in [6, 6.07) is 9.24. The van der Waals surface area contributed by atoms with Gasteiger partial charge in [0.1, 0.15) is 0 Å². The average molecular weight is 376 g/mol. The second kappa shape index (κ2) is 15.3. The minimum atomic E-state index is -4.59. The molecule has 0 aliphatic carbocycles. The van der Waals surface area contributed by atoms with Crippen molar-refractivity contribution >= 4 is 19.3 Å². The molecule has 2 N–H and O–H groups in total. The normalized spacial score (nSPS) is 10.3. The van der Waals surface area contributed by atoms with E-state index in [-0.39, 0.29) is 115 Å². The second-order valence-electron chi connectivity index (χ2n) is 4.48. The van der Waals surface area contributed by atoms with Crippen LogP contribution in [0.25, 0.3) is 0 Å². The monoisotopic (exact) mass is 376 g/mol. The van der Waals surface area contributed by atoms with Gasteiger partial charge in [0, 0.05) is 12.1 Å². The van der Waals surface area contributed by atoms with Crippen LogP contribution in [0.15, 0.2) is 30.3 Å². The van der Waals surface area contributed by atoms with Gasteiger partial charge in [0.05, 0.1) is 0 Å². The van der Waals surface area contributed by atoms with Gasteiger partial charge in [-0.05, 0) is 39.3 Å². The predicted octanol–water partition coefficient (Wildman–Crippen LogP) is -5.00. The predicted molar refractivity (Wildman–Crippen MR) is 73.8 cm³/mol. The summed E-state index contributed by atoms with van der Waals surface area (Å²) in [4.78, 5) is 32.2. The van der Waals surface area contributed by atoms with Crippen LogP contribution in [0.3, 0.4) is 0 Å². The molecule has 0 radical (unpaired) electrons. The van der Waals surface area contributed by atoms with Gasteiger partial charge in [-0.1, -0.05) is 31.0 Å². The molecule has 0 atom stereocenters. The van der Waals surface area contributed by atoms with Gasteiger partial charge in [0.15, 0.2) is 0 Å². The van der Waals surface area contributed by atoms with Crippen molar-refractivity contribution < 1.29 is 122 Å². The molecule has 0 aromatic heterocycles. The molecule has 0 bridgehead atoms. The summed E-state index contributed by atoms with van der Waals surface area (Å²) in [7, 11) is -4.59. The number of benzene rings is 1. The summed E-state index contributed by atoms with van der Waals surface area (Å²) >= 11 is 0. The fraction of sp³-hybridized carbons (Fsp3) is 0.462. The largest absolute Gasteiger partial charge is 1.00 e. The number of hydrogen-bond donors (Lipinski definition) is 2. The fourth-order valence-corrected chi connectivity index (χ4v) is 2.16. The molecule has 0 unspecified atom stereocenters. The molecule has 1 aromatic rings. The smallest absolute Gasteiger partial charge is 0.799 e. The average Bonchev–Trinajstić information content (AvgIpc) is 2.37. The SMILES string of the molecule is O=C(CCCCCCNP(=O)([O-])[O-])Nc1ccccc1.[K+].[K+]. The Kier molecular flexibility index (Phi) is 18.3. The van der Waals surface area contributed by atoms with E-state index in [1.165, 1.54) is 0 Å². The number of para-hydroxylation sites is 1. The summed E-state index contributed by atoms with van der Waals surface area (Å²) < 4.78 is 10.3. The van der Waals surface area contributed by atoms with Gasteiger partial charge in [0.25, 0.3) is 0 Å². The molecule has 0 saturated heterocycles. The molecule has 0 aliphatic rings. The number of carbonyl (C=O) groups excluding carboxylic acids is 1. The summed E-state index contributed by atoms with van der Waals surface area (Å²) in [5.41, 5.74) is 0.781. The third-order valence-electron chi connectivity index (χ3n) is 2.69. The van der Waals surface area contributed by atoms with Crippen molar-refractivity contribution in [3.8, 4) is 0 Å². The molecule has 0 saturated carbocycles. The van der Waals surface area contributed by atoms with Gasteiger partial charge in [-0.3, -0.25) is 9.88 Å². The summed E-state index contributed by atoms with van der Waals surface area (Å²) in [5.74, 6) is -0.0297.